The zero-order valence-electron chi connectivity index (χ0n) is 38.3. The molecule has 0 unspecified atom stereocenters. The van der Waals surface area contributed by atoms with E-state index < -0.39 is 0 Å². The molecule has 1 aliphatic carbocycles. The average molecular weight is 914 g/mol. The van der Waals surface area contributed by atoms with E-state index in [1.54, 1.807) is 0 Å². The molecule has 5 aromatic heterocycles. The molecule has 0 radical (unpaired) electrons. The molecule has 0 spiro atoms. The molecule has 0 amide bonds. The van der Waals surface area contributed by atoms with Crippen LogP contribution in [0.4, 0.5) is 0 Å². The van der Waals surface area contributed by atoms with E-state index in [-0.39, 0.29) is 0 Å². The quantitative estimate of drug-likeness (QED) is 0.152. The third-order valence-corrected chi connectivity index (χ3v) is 14.8. The van der Waals surface area contributed by atoms with Crippen LogP contribution in [0.1, 0.15) is 34.4 Å². The van der Waals surface area contributed by atoms with Crippen molar-refractivity contribution in [1.29, 1.82) is 0 Å². The van der Waals surface area contributed by atoms with Crippen LogP contribution in [0, 0.1) is 6.92 Å². The van der Waals surface area contributed by atoms with Gasteiger partial charge in [0.15, 0.2) is 5.82 Å². The minimum Gasteiger partial charge on any atom is -0.294 e. The van der Waals surface area contributed by atoms with Gasteiger partial charge in [-0.3, -0.25) is 9.55 Å². The standard InChI is InChI=1S/C64H43N5S/c1-40-17-9-10-21-49(40)52-25-15-33-65-61(52)41(2)46-35-47(37-48(36-46)69-58-27-13-11-23-51(58)53-26-16-34-66-64(53)69)57-39-56(67-63(68-57)44-18-5-3-6-19-44)43-31-29-42(30-32-43)55-38-45-20-7-4-8-22-50(45)60-54-24-12-14-28-59(54)70-62(55)60/h3,5-39H,2,4H2,1H3. The summed E-state index contributed by atoms with van der Waals surface area (Å²) >= 11 is 1.87. The first-order valence-corrected chi connectivity index (χ1v) is 24.4. The molecular formula is C64H43N5S. The van der Waals surface area contributed by atoms with Gasteiger partial charge in [0, 0.05) is 82.4 Å². The number of thiophene rings is 1. The molecule has 0 atom stereocenters. The molecule has 6 heteroatoms. The molecule has 0 saturated heterocycles. The first kappa shape index (κ1) is 41.4. The Labute approximate surface area is 409 Å². The lowest BCUT2D eigenvalue weighted by molar-refractivity contribution is 1.13. The summed E-state index contributed by atoms with van der Waals surface area (Å²) in [5, 5.41) is 4.84. The van der Waals surface area contributed by atoms with Crippen LogP contribution in [-0.4, -0.2) is 24.5 Å². The summed E-state index contributed by atoms with van der Waals surface area (Å²) in [6, 6.07) is 64.3. The predicted molar refractivity (Wildman–Crippen MR) is 294 cm³/mol. The fraction of sp³-hybridized carbons (Fsp3) is 0.0312. The highest BCUT2D eigenvalue weighted by molar-refractivity contribution is 7.26. The van der Waals surface area contributed by atoms with Gasteiger partial charge in [-0.15, -0.1) is 11.3 Å². The lowest BCUT2D eigenvalue weighted by Crippen LogP contribution is -2.01. The number of aryl methyl sites for hydroxylation is 1. The summed E-state index contributed by atoms with van der Waals surface area (Å²) in [5.41, 5.74) is 18.2. The van der Waals surface area contributed by atoms with Gasteiger partial charge in [0.1, 0.15) is 5.65 Å². The summed E-state index contributed by atoms with van der Waals surface area (Å²) < 4.78 is 4.85. The van der Waals surface area contributed by atoms with Crippen molar-refractivity contribution in [1.82, 2.24) is 24.5 Å². The lowest BCUT2D eigenvalue weighted by Gasteiger charge is -2.17. The van der Waals surface area contributed by atoms with E-state index in [4.69, 9.17) is 26.5 Å². The van der Waals surface area contributed by atoms with Crippen LogP contribution in [0.3, 0.4) is 0 Å². The number of pyridine rings is 2. The van der Waals surface area contributed by atoms with Crippen molar-refractivity contribution in [3.8, 4) is 61.8 Å². The highest BCUT2D eigenvalue weighted by Gasteiger charge is 2.21. The first-order valence-electron chi connectivity index (χ1n) is 23.6. The highest BCUT2D eigenvalue weighted by atomic mass is 32.1. The zero-order chi connectivity index (χ0) is 46.7. The fourth-order valence-corrected chi connectivity index (χ4v) is 11.5. The Bertz CT molecular complexity index is 4060. The average Bonchev–Trinajstić information content (AvgIpc) is 3.87. The first-order chi connectivity index (χ1) is 34.5. The molecule has 5 nitrogen and oxygen atoms in total. The third-order valence-electron chi connectivity index (χ3n) is 13.6. The van der Waals surface area contributed by atoms with Crippen molar-refractivity contribution in [3.05, 3.63) is 241 Å². The Morgan fingerprint density at radius 2 is 1.26 bits per heavy atom. The number of fused-ring (bicyclic) bond motifs is 8. The minimum atomic E-state index is 0.644. The predicted octanol–water partition coefficient (Wildman–Crippen LogP) is 16.9. The largest absolute Gasteiger partial charge is 0.294 e. The maximum atomic E-state index is 5.37. The van der Waals surface area contributed by atoms with Crippen molar-refractivity contribution in [2.75, 3.05) is 0 Å². The normalized spacial score (nSPS) is 12.2. The van der Waals surface area contributed by atoms with Crippen molar-refractivity contribution in [3.63, 3.8) is 0 Å². The lowest BCUT2D eigenvalue weighted by atomic mass is 9.92. The van der Waals surface area contributed by atoms with E-state index >= 15 is 0 Å². The van der Waals surface area contributed by atoms with Gasteiger partial charge < -0.3 is 0 Å². The minimum absolute atomic E-state index is 0.644. The number of rotatable bonds is 8. The summed E-state index contributed by atoms with van der Waals surface area (Å²) in [5.74, 6) is 0.644. The summed E-state index contributed by atoms with van der Waals surface area (Å²) in [6.45, 7) is 6.93. The molecule has 12 aromatic rings. The molecule has 0 N–H and O–H groups in total. The molecule has 0 fully saturated rings. The van der Waals surface area contributed by atoms with Crippen molar-refractivity contribution in [2.45, 2.75) is 13.3 Å². The number of hydrogen-bond acceptors (Lipinski definition) is 5. The molecule has 0 bridgehead atoms. The molecule has 70 heavy (non-hydrogen) atoms. The summed E-state index contributed by atoms with van der Waals surface area (Å²) in [7, 11) is 0. The number of hydrogen-bond donors (Lipinski definition) is 0. The Morgan fingerprint density at radius 3 is 2.13 bits per heavy atom. The van der Waals surface area contributed by atoms with Crippen LogP contribution in [-0.2, 0) is 0 Å². The number of nitrogens with zero attached hydrogens (tertiary/aromatic N) is 5. The maximum Gasteiger partial charge on any atom is 0.160 e. The number of benzene rings is 7. The van der Waals surface area contributed by atoms with Crippen LogP contribution in [0.25, 0.3) is 122 Å². The Kier molecular flexibility index (Phi) is 10.1. The monoisotopic (exact) mass is 913 g/mol. The van der Waals surface area contributed by atoms with E-state index in [1.165, 1.54) is 42.4 Å². The Hall–Kier alpha value is -8.84. The van der Waals surface area contributed by atoms with Crippen LogP contribution in [0.2, 0.25) is 0 Å². The second-order valence-corrected chi connectivity index (χ2v) is 18.9. The van der Waals surface area contributed by atoms with E-state index in [2.05, 4.69) is 187 Å². The second kappa shape index (κ2) is 17.0. The van der Waals surface area contributed by atoms with Gasteiger partial charge in [0.25, 0.3) is 0 Å². The summed E-state index contributed by atoms with van der Waals surface area (Å²) in [4.78, 5) is 20.7. The van der Waals surface area contributed by atoms with E-state index in [0.717, 1.165) is 95.6 Å². The van der Waals surface area contributed by atoms with Crippen LogP contribution >= 0.6 is 11.3 Å². The second-order valence-electron chi connectivity index (χ2n) is 17.9. The Morgan fingerprint density at radius 1 is 0.557 bits per heavy atom. The van der Waals surface area contributed by atoms with Crippen molar-refractivity contribution < 1.29 is 0 Å². The molecule has 7 aromatic carbocycles. The number of para-hydroxylation sites is 1. The number of aromatic nitrogens is 5. The van der Waals surface area contributed by atoms with Gasteiger partial charge in [0.05, 0.1) is 22.6 Å². The van der Waals surface area contributed by atoms with Gasteiger partial charge in [-0.1, -0.05) is 152 Å². The summed E-state index contributed by atoms with van der Waals surface area (Å²) in [6.07, 6.45) is 13.7. The smallest absolute Gasteiger partial charge is 0.160 e. The van der Waals surface area contributed by atoms with Crippen LogP contribution < -0.4 is 0 Å². The van der Waals surface area contributed by atoms with E-state index in [0.29, 0.717) is 5.82 Å². The van der Waals surface area contributed by atoms with Gasteiger partial charge in [0.2, 0.25) is 0 Å². The van der Waals surface area contributed by atoms with Crippen molar-refractivity contribution in [2.24, 2.45) is 0 Å². The maximum absolute atomic E-state index is 5.37. The van der Waals surface area contributed by atoms with Crippen LogP contribution in [0.15, 0.2) is 213 Å². The third kappa shape index (κ3) is 7.08. The molecule has 0 aliphatic heterocycles. The topological polar surface area (TPSA) is 56.5 Å². The fourth-order valence-electron chi connectivity index (χ4n) is 10.2. The number of allylic oxidation sites excluding steroid dienone is 2. The van der Waals surface area contributed by atoms with Gasteiger partial charge in [-0.2, -0.15) is 0 Å². The van der Waals surface area contributed by atoms with E-state index in [9.17, 15) is 0 Å². The highest BCUT2D eigenvalue weighted by Crippen LogP contribution is 2.45. The van der Waals surface area contributed by atoms with Gasteiger partial charge in [-0.05, 0) is 107 Å². The van der Waals surface area contributed by atoms with Gasteiger partial charge >= 0.3 is 0 Å². The van der Waals surface area contributed by atoms with Crippen molar-refractivity contribution >= 4 is 71.2 Å². The molecule has 0 saturated carbocycles. The Balaban J connectivity index is 0.998. The van der Waals surface area contributed by atoms with Gasteiger partial charge in [-0.25, -0.2) is 15.0 Å². The molecular weight excluding hydrogens is 871 g/mol. The zero-order valence-corrected chi connectivity index (χ0v) is 39.2. The van der Waals surface area contributed by atoms with E-state index in [1.807, 2.05) is 54.1 Å². The molecule has 330 valence electrons. The van der Waals surface area contributed by atoms with Crippen LogP contribution in [0.5, 0.6) is 0 Å². The molecule has 13 rings (SSSR count). The molecule has 1 aliphatic rings. The SMILES string of the molecule is C=C(c1cc(-c2cc(-c3ccc(-c4cc5c(c6c4sc4ccccc46)C=CCC=C5)cc3)nc(-c3ccccc3)n2)cc(-n2c3ccccc3c3cccnc32)c1)c1ncccc1-c1ccccc1C. The molecule has 5 heterocycles.